The maximum atomic E-state index is 12.3. The molecular weight excluding hydrogens is 254 g/mol. The molecule has 1 aliphatic heterocycles. The maximum Gasteiger partial charge on any atom is 0.274 e. The molecule has 0 saturated carbocycles. The number of ether oxygens (including phenoxy) is 1. The molecular formula is C12H16ClN3O2. The van der Waals surface area contributed by atoms with E-state index in [1.807, 2.05) is 0 Å². The van der Waals surface area contributed by atoms with Gasteiger partial charge < -0.3 is 15.0 Å². The summed E-state index contributed by atoms with van der Waals surface area (Å²) in [5.74, 6) is 0.497. The summed E-state index contributed by atoms with van der Waals surface area (Å²) in [6.45, 7) is 2.53. The molecule has 5 nitrogen and oxygen atoms in total. The normalized spacial score (nSPS) is 16.2. The zero-order valence-corrected chi connectivity index (χ0v) is 11.0. The molecule has 1 N–H and O–H groups in total. The van der Waals surface area contributed by atoms with Gasteiger partial charge in [0.25, 0.3) is 5.91 Å². The van der Waals surface area contributed by atoms with E-state index in [4.69, 9.17) is 16.3 Å². The Hall–Kier alpha value is -1.33. The first kappa shape index (κ1) is 13.1. The van der Waals surface area contributed by atoms with E-state index in [1.165, 1.54) is 0 Å². The molecule has 2 rings (SSSR count). The molecule has 0 aliphatic carbocycles. The lowest BCUT2D eigenvalue weighted by Gasteiger charge is -2.19. The highest BCUT2D eigenvalue weighted by Gasteiger charge is 2.21. The molecule has 2 heterocycles. The molecule has 1 aromatic heterocycles. The van der Waals surface area contributed by atoms with Gasteiger partial charge in [-0.3, -0.25) is 4.79 Å². The minimum Gasteiger partial charge on any atom is -0.380 e. The number of rotatable bonds is 2. The van der Waals surface area contributed by atoms with E-state index < -0.39 is 0 Å². The molecule has 0 atom stereocenters. The zero-order chi connectivity index (χ0) is 13.0. The fourth-order valence-corrected chi connectivity index (χ4v) is 2.02. The van der Waals surface area contributed by atoms with Crippen LogP contribution in [0.25, 0.3) is 0 Å². The molecule has 0 spiro atoms. The maximum absolute atomic E-state index is 12.3. The van der Waals surface area contributed by atoms with Crippen LogP contribution in [-0.4, -0.2) is 49.1 Å². The monoisotopic (exact) mass is 269 g/mol. The number of nitrogens with one attached hydrogen (secondary N) is 1. The summed E-state index contributed by atoms with van der Waals surface area (Å²) in [6, 6.07) is 3.42. The Kier molecular flexibility index (Phi) is 4.38. The van der Waals surface area contributed by atoms with Gasteiger partial charge in [0, 0.05) is 26.7 Å². The van der Waals surface area contributed by atoms with E-state index in [0.717, 1.165) is 6.42 Å². The molecule has 0 unspecified atom stereocenters. The molecule has 0 aromatic carbocycles. The Balaban J connectivity index is 2.21. The van der Waals surface area contributed by atoms with Crippen LogP contribution in [-0.2, 0) is 4.74 Å². The second-order valence-corrected chi connectivity index (χ2v) is 4.44. The number of carbonyl (C=O) groups is 1. The van der Waals surface area contributed by atoms with Crippen molar-refractivity contribution in [1.82, 2.24) is 9.88 Å². The van der Waals surface area contributed by atoms with Gasteiger partial charge in [-0.05, 0) is 18.6 Å². The van der Waals surface area contributed by atoms with Crippen LogP contribution in [0.5, 0.6) is 0 Å². The smallest absolute Gasteiger partial charge is 0.274 e. The van der Waals surface area contributed by atoms with E-state index in [-0.39, 0.29) is 5.91 Å². The van der Waals surface area contributed by atoms with Gasteiger partial charge in [0.2, 0.25) is 0 Å². The number of halogens is 1. The fourth-order valence-electron chi connectivity index (χ4n) is 1.83. The highest BCUT2D eigenvalue weighted by atomic mass is 35.5. The average Bonchev–Trinajstić information content (AvgIpc) is 2.67. The average molecular weight is 270 g/mol. The Labute approximate surface area is 111 Å². The van der Waals surface area contributed by atoms with Crippen molar-refractivity contribution in [2.75, 3.05) is 38.7 Å². The SMILES string of the molecule is CNc1ccc(Cl)c(C(=O)N2CCCOCC2)n1. The van der Waals surface area contributed by atoms with Gasteiger partial charge in [-0.2, -0.15) is 0 Å². The topological polar surface area (TPSA) is 54.5 Å². The van der Waals surface area contributed by atoms with Gasteiger partial charge in [0.15, 0.2) is 0 Å². The molecule has 98 valence electrons. The van der Waals surface area contributed by atoms with Crippen LogP contribution in [0.3, 0.4) is 0 Å². The number of aromatic nitrogens is 1. The molecule has 1 fully saturated rings. The quantitative estimate of drug-likeness (QED) is 0.887. The van der Waals surface area contributed by atoms with Gasteiger partial charge in [-0.1, -0.05) is 11.6 Å². The third kappa shape index (κ3) is 2.91. The summed E-state index contributed by atoms with van der Waals surface area (Å²) >= 11 is 6.04. The number of amides is 1. The summed E-state index contributed by atoms with van der Waals surface area (Å²) in [5, 5.41) is 3.28. The standard InChI is InChI=1S/C12H16ClN3O2/c1-14-10-4-3-9(13)11(15-10)12(17)16-5-2-7-18-8-6-16/h3-4H,2,5-8H2,1H3,(H,14,15). The van der Waals surface area contributed by atoms with Gasteiger partial charge in [-0.25, -0.2) is 4.98 Å². The van der Waals surface area contributed by atoms with E-state index in [2.05, 4.69) is 10.3 Å². The van der Waals surface area contributed by atoms with Crippen molar-refractivity contribution in [3.63, 3.8) is 0 Å². The number of hydrogen-bond donors (Lipinski definition) is 1. The second kappa shape index (κ2) is 6.02. The summed E-state index contributed by atoms with van der Waals surface area (Å²) < 4.78 is 5.33. The Morgan fingerprint density at radius 2 is 2.28 bits per heavy atom. The van der Waals surface area contributed by atoms with Gasteiger partial charge in [-0.15, -0.1) is 0 Å². The first-order chi connectivity index (χ1) is 8.72. The molecule has 18 heavy (non-hydrogen) atoms. The highest BCUT2D eigenvalue weighted by molar-refractivity contribution is 6.33. The Bertz CT molecular complexity index is 431. The Morgan fingerprint density at radius 3 is 3.06 bits per heavy atom. The number of hydrogen-bond acceptors (Lipinski definition) is 4. The summed E-state index contributed by atoms with van der Waals surface area (Å²) in [7, 11) is 1.75. The van der Waals surface area contributed by atoms with Gasteiger partial charge in [0.05, 0.1) is 11.6 Å². The lowest BCUT2D eigenvalue weighted by molar-refractivity contribution is 0.0736. The van der Waals surface area contributed by atoms with Crippen LogP contribution in [0, 0.1) is 0 Å². The summed E-state index contributed by atoms with van der Waals surface area (Å²) in [6.07, 6.45) is 0.842. The van der Waals surface area contributed by atoms with Crippen molar-refractivity contribution in [3.05, 3.63) is 22.8 Å². The van der Waals surface area contributed by atoms with E-state index in [0.29, 0.717) is 42.8 Å². The first-order valence-electron chi connectivity index (χ1n) is 5.93. The van der Waals surface area contributed by atoms with Crippen molar-refractivity contribution >= 4 is 23.3 Å². The molecule has 6 heteroatoms. The van der Waals surface area contributed by atoms with Crippen LogP contribution in [0.2, 0.25) is 5.02 Å². The number of nitrogens with zero attached hydrogens (tertiary/aromatic N) is 2. The Morgan fingerprint density at radius 1 is 1.44 bits per heavy atom. The predicted octanol–water partition coefficient (Wildman–Crippen LogP) is 1.64. The van der Waals surface area contributed by atoms with E-state index in [9.17, 15) is 4.79 Å². The lowest BCUT2D eigenvalue weighted by Crippen LogP contribution is -2.34. The van der Waals surface area contributed by atoms with Gasteiger partial charge in [0.1, 0.15) is 11.5 Å². The van der Waals surface area contributed by atoms with E-state index >= 15 is 0 Å². The zero-order valence-electron chi connectivity index (χ0n) is 10.3. The summed E-state index contributed by atoms with van der Waals surface area (Å²) in [4.78, 5) is 18.3. The largest absolute Gasteiger partial charge is 0.380 e. The molecule has 0 radical (unpaired) electrons. The third-order valence-corrected chi connectivity index (χ3v) is 3.12. The lowest BCUT2D eigenvalue weighted by atomic mass is 10.3. The van der Waals surface area contributed by atoms with E-state index in [1.54, 1.807) is 24.1 Å². The van der Waals surface area contributed by atoms with Crippen molar-refractivity contribution in [1.29, 1.82) is 0 Å². The van der Waals surface area contributed by atoms with Crippen molar-refractivity contribution in [2.24, 2.45) is 0 Å². The first-order valence-corrected chi connectivity index (χ1v) is 6.31. The van der Waals surface area contributed by atoms with Crippen molar-refractivity contribution < 1.29 is 9.53 Å². The molecule has 1 saturated heterocycles. The highest BCUT2D eigenvalue weighted by Crippen LogP contribution is 2.18. The predicted molar refractivity (Wildman–Crippen MR) is 70.1 cm³/mol. The number of pyridine rings is 1. The second-order valence-electron chi connectivity index (χ2n) is 4.04. The van der Waals surface area contributed by atoms with Gasteiger partial charge >= 0.3 is 0 Å². The van der Waals surface area contributed by atoms with Crippen molar-refractivity contribution in [3.8, 4) is 0 Å². The van der Waals surface area contributed by atoms with Crippen LogP contribution in [0.1, 0.15) is 16.9 Å². The molecule has 1 aliphatic rings. The molecule has 0 bridgehead atoms. The minimum atomic E-state index is -0.136. The summed E-state index contributed by atoms with van der Waals surface area (Å²) in [5.41, 5.74) is 0.297. The van der Waals surface area contributed by atoms with Crippen molar-refractivity contribution in [2.45, 2.75) is 6.42 Å². The number of carbonyl (C=O) groups excluding carboxylic acids is 1. The minimum absolute atomic E-state index is 0.136. The van der Waals surface area contributed by atoms with Crippen LogP contribution < -0.4 is 5.32 Å². The van der Waals surface area contributed by atoms with Crippen LogP contribution >= 0.6 is 11.6 Å². The molecule has 1 amide bonds. The van der Waals surface area contributed by atoms with Crippen LogP contribution in [0.15, 0.2) is 12.1 Å². The third-order valence-electron chi connectivity index (χ3n) is 2.81. The van der Waals surface area contributed by atoms with Crippen LogP contribution in [0.4, 0.5) is 5.82 Å². The molecule has 1 aromatic rings. The number of anilines is 1. The fraction of sp³-hybridized carbons (Fsp3) is 0.500.